The summed E-state index contributed by atoms with van der Waals surface area (Å²) in [6.07, 6.45) is -1.49. The Labute approximate surface area is 188 Å². The molecule has 0 saturated carbocycles. The van der Waals surface area contributed by atoms with Gasteiger partial charge in [-0.3, -0.25) is 9.69 Å². The van der Waals surface area contributed by atoms with Gasteiger partial charge in [-0.2, -0.15) is 0 Å². The lowest BCUT2D eigenvalue weighted by atomic mass is 10.1. The molecule has 3 amide bonds. The van der Waals surface area contributed by atoms with Crippen LogP contribution in [-0.2, 0) is 9.53 Å². The molecule has 4 rings (SSSR count). The average molecular weight is 446 g/mol. The number of aliphatic hydroxyl groups is 1. The van der Waals surface area contributed by atoms with E-state index in [0.717, 1.165) is 10.5 Å². The normalized spacial score (nSPS) is 24.6. The monoisotopic (exact) mass is 445 g/mol. The number of aryl methyl sites for hydroxylation is 2. The van der Waals surface area contributed by atoms with Crippen molar-refractivity contribution in [2.24, 2.45) is 4.99 Å². The van der Waals surface area contributed by atoms with Crippen LogP contribution in [0.5, 0.6) is 5.75 Å². The van der Waals surface area contributed by atoms with E-state index in [2.05, 4.69) is 0 Å². The number of carbonyl (C=O) groups is 2. The van der Waals surface area contributed by atoms with E-state index < -0.39 is 18.3 Å². The molecule has 0 aromatic heterocycles. The van der Waals surface area contributed by atoms with Crippen molar-refractivity contribution >= 4 is 17.9 Å². The predicted molar refractivity (Wildman–Crippen MR) is 117 cm³/mol. The second-order valence-corrected chi connectivity index (χ2v) is 8.54. The predicted octanol–water partition coefficient (Wildman–Crippen LogP) is 0.265. The van der Waals surface area contributed by atoms with Crippen LogP contribution in [0.1, 0.15) is 11.1 Å². The number of hydrogen-bond donors (Lipinski definition) is 1. The van der Waals surface area contributed by atoms with E-state index in [-0.39, 0.29) is 25.1 Å². The number of carbonyl (C=O) groups excluding carboxylic acids is 2. The van der Waals surface area contributed by atoms with Crippen molar-refractivity contribution in [3.05, 3.63) is 29.3 Å². The second-order valence-electron chi connectivity index (χ2n) is 8.54. The van der Waals surface area contributed by atoms with E-state index in [1.807, 2.05) is 41.8 Å². The lowest BCUT2D eigenvalue weighted by molar-refractivity contribution is -0.136. The molecule has 32 heavy (non-hydrogen) atoms. The maximum Gasteiger partial charge on any atom is 0.328 e. The molecular weight excluding hydrogens is 414 g/mol. The molecule has 3 aliphatic heterocycles. The number of aliphatic hydroxyl groups excluding tert-OH is 1. The molecule has 3 unspecified atom stereocenters. The van der Waals surface area contributed by atoms with Gasteiger partial charge in [0.25, 0.3) is 5.91 Å². The zero-order chi connectivity index (χ0) is 23.0. The molecule has 2 saturated heterocycles. The molecule has 0 radical (unpaired) electrons. The first-order valence-electron chi connectivity index (χ1n) is 10.9. The van der Waals surface area contributed by atoms with Crippen molar-refractivity contribution in [1.29, 1.82) is 0 Å². The summed E-state index contributed by atoms with van der Waals surface area (Å²) in [4.78, 5) is 36.7. The molecule has 0 bridgehead atoms. The third-order valence-corrected chi connectivity index (χ3v) is 6.31. The van der Waals surface area contributed by atoms with Crippen molar-refractivity contribution in [2.75, 3.05) is 53.6 Å². The number of morpholine rings is 1. The van der Waals surface area contributed by atoms with Gasteiger partial charge in [0.2, 0.25) is 0 Å². The van der Waals surface area contributed by atoms with Crippen LogP contribution in [0.15, 0.2) is 23.2 Å². The molecule has 3 aliphatic rings. The molecule has 174 valence electrons. The number of hydrogen-bond acceptors (Lipinski definition) is 8. The Kier molecular flexibility index (Phi) is 6.25. The molecule has 2 fully saturated rings. The van der Waals surface area contributed by atoms with Gasteiger partial charge in [-0.25, -0.2) is 9.79 Å². The molecule has 1 aromatic carbocycles. The van der Waals surface area contributed by atoms with Crippen molar-refractivity contribution in [3.8, 4) is 5.75 Å². The Bertz CT molecular complexity index is 916. The Balaban J connectivity index is 1.51. The first-order valence-corrected chi connectivity index (χ1v) is 10.9. The summed E-state index contributed by atoms with van der Waals surface area (Å²) in [6, 6.07) is 4.73. The summed E-state index contributed by atoms with van der Waals surface area (Å²) < 4.78 is 11.3. The Morgan fingerprint density at radius 2 is 1.91 bits per heavy atom. The number of benzene rings is 1. The highest BCUT2D eigenvalue weighted by Crippen LogP contribution is 2.29. The van der Waals surface area contributed by atoms with Crippen molar-refractivity contribution in [1.82, 2.24) is 19.6 Å². The Hall–Kier alpha value is -2.85. The van der Waals surface area contributed by atoms with Gasteiger partial charge in [0.1, 0.15) is 18.5 Å². The number of guanidine groups is 1. The van der Waals surface area contributed by atoms with Crippen molar-refractivity contribution in [3.63, 3.8) is 0 Å². The van der Waals surface area contributed by atoms with Crippen LogP contribution in [0.2, 0.25) is 0 Å². The van der Waals surface area contributed by atoms with Gasteiger partial charge >= 0.3 is 6.03 Å². The summed E-state index contributed by atoms with van der Waals surface area (Å²) in [5.41, 5.74) is 2.29. The Morgan fingerprint density at radius 1 is 1.19 bits per heavy atom. The van der Waals surface area contributed by atoms with E-state index in [1.165, 1.54) is 17.5 Å². The standard InChI is InChI=1S/C22H31N5O5/c1-14-5-6-17(11-15(14)2)32-13-16(28)12-27-18-19(24(3)22(30)25(4)20(18)29)23-21(27)26-7-9-31-10-8-26/h5-6,11,16,18-19,28H,7-10,12-13H2,1-4H3. The van der Waals surface area contributed by atoms with Crippen LogP contribution in [0, 0.1) is 13.8 Å². The molecule has 3 heterocycles. The van der Waals surface area contributed by atoms with Crippen LogP contribution >= 0.6 is 0 Å². The van der Waals surface area contributed by atoms with Gasteiger partial charge in [0.15, 0.2) is 18.2 Å². The smallest absolute Gasteiger partial charge is 0.328 e. The number of fused-ring (bicyclic) bond motifs is 1. The Morgan fingerprint density at radius 3 is 2.59 bits per heavy atom. The quantitative estimate of drug-likeness (QED) is 0.695. The zero-order valence-corrected chi connectivity index (χ0v) is 19.0. The summed E-state index contributed by atoms with van der Waals surface area (Å²) in [5.74, 6) is 0.969. The van der Waals surface area contributed by atoms with Crippen molar-refractivity contribution in [2.45, 2.75) is 32.2 Å². The third kappa shape index (κ3) is 4.12. The number of amides is 3. The highest BCUT2D eigenvalue weighted by Gasteiger charge is 2.52. The van der Waals surface area contributed by atoms with Crippen LogP contribution in [0.4, 0.5) is 4.79 Å². The fourth-order valence-electron chi connectivity index (χ4n) is 4.25. The third-order valence-electron chi connectivity index (χ3n) is 6.31. The van der Waals surface area contributed by atoms with Crippen molar-refractivity contribution < 1.29 is 24.2 Å². The van der Waals surface area contributed by atoms with Crippen LogP contribution in [0.25, 0.3) is 0 Å². The zero-order valence-electron chi connectivity index (χ0n) is 19.0. The molecule has 10 nitrogen and oxygen atoms in total. The minimum absolute atomic E-state index is 0.0750. The average Bonchev–Trinajstić information content (AvgIpc) is 3.17. The second kappa shape index (κ2) is 8.95. The molecule has 1 aromatic rings. The fraction of sp³-hybridized carbons (Fsp3) is 0.591. The molecule has 1 N–H and O–H groups in total. The van der Waals surface area contributed by atoms with E-state index in [4.69, 9.17) is 14.5 Å². The SMILES string of the molecule is Cc1ccc(OCC(O)CN2C(N3CCOCC3)=NC3C2C(=O)N(C)C(=O)N3C)cc1C. The lowest BCUT2D eigenvalue weighted by Crippen LogP contribution is -2.65. The maximum absolute atomic E-state index is 13.0. The summed E-state index contributed by atoms with van der Waals surface area (Å²) in [7, 11) is 3.12. The minimum Gasteiger partial charge on any atom is -0.491 e. The lowest BCUT2D eigenvalue weighted by Gasteiger charge is -2.41. The number of urea groups is 1. The van der Waals surface area contributed by atoms with Gasteiger partial charge in [0, 0.05) is 27.2 Å². The number of nitrogens with zero attached hydrogens (tertiary/aromatic N) is 5. The number of likely N-dealkylation sites (N-methyl/N-ethyl adjacent to an activating group) is 2. The molecule has 0 spiro atoms. The summed E-state index contributed by atoms with van der Waals surface area (Å²) in [5, 5.41) is 10.8. The van der Waals surface area contributed by atoms with E-state index >= 15 is 0 Å². The van der Waals surface area contributed by atoms with E-state index in [0.29, 0.717) is 38.0 Å². The first-order chi connectivity index (χ1) is 15.3. The highest BCUT2D eigenvalue weighted by atomic mass is 16.5. The topological polar surface area (TPSA) is 98.1 Å². The van der Waals surface area contributed by atoms with Gasteiger partial charge in [-0.1, -0.05) is 6.07 Å². The fourth-order valence-corrected chi connectivity index (χ4v) is 4.25. The highest BCUT2D eigenvalue weighted by molar-refractivity contribution is 6.03. The first kappa shape index (κ1) is 22.3. The van der Waals surface area contributed by atoms with Gasteiger partial charge in [-0.05, 0) is 37.1 Å². The van der Waals surface area contributed by atoms with E-state index in [9.17, 15) is 14.7 Å². The van der Waals surface area contributed by atoms with Gasteiger partial charge < -0.3 is 29.3 Å². The number of aliphatic imine (C=N–C) groups is 1. The minimum atomic E-state index is -0.859. The molecule has 3 atom stereocenters. The molecule has 10 heteroatoms. The maximum atomic E-state index is 13.0. The summed E-state index contributed by atoms with van der Waals surface area (Å²) in [6.45, 7) is 6.65. The molecule has 0 aliphatic carbocycles. The number of rotatable bonds is 5. The van der Waals surface area contributed by atoms with Crippen LogP contribution < -0.4 is 4.74 Å². The number of β-amino-alcohol motifs (C(OH)–C–C–N with tert-alkyl or cyclic N) is 1. The number of ether oxygens (including phenoxy) is 2. The van der Waals surface area contributed by atoms with Gasteiger partial charge in [0.05, 0.1) is 19.8 Å². The van der Waals surface area contributed by atoms with Gasteiger partial charge in [-0.15, -0.1) is 0 Å². The summed E-state index contributed by atoms with van der Waals surface area (Å²) >= 11 is 0. The number of imide groups is 1. The van der Waals surface area contributed by atoms with E-state index in [1.54, 1.807) is 7.05 Å². The van der Waals surface area contributed by atoms with Crippen LogP contribution in [0.3, 0.4) is 0 Å². The van der Waals surface area contributed by atoms with Crippen LogP contribution in [-0.4, -0.2) is 114 Å². The molecular formula is C22H31N5O5. The largest absolute Gasteiger partial charge is 0.491 e.